The molecular formula is C15H14N4O2S. The van der Waals surface area contributed by atoms with Gasteiger partial charge in [0.15, 0.2) is 16.7 Å². The second-order valence-corrected chi connectivity index (χ2v) is 5.89. The lowest BCUT2D eigenvalue weighted by Gasteiger charge is -2.00. The van der Waals surface area contributed by atoms with Crippen molar-refractivity contribution in [3.8, 4) is 11.3 Å². The van der Waals surface area contributed by atoms with E-state index in [9.17, 15) is 4.79 Å². The third-order valence-electron chi connectivity index (χ3n) is 3.06. The number of rotatable bonds is 3. The molecule has 112 valence electrons. The lowest BCUT2D eigenvalue weighted by atomic mass is 10.2. The third kappa shape index (κ3) is 3.15. The van der Waals surface area contributed by atoms with Crippen LogP contribution >= 0.6 is 11.3 Å². The SMILES string of the molecule is Cc1nc(NC(=O)Nc2cc(-c3ccccc3)on2)sc1C. The largest absolute Gasteiger partial charge is 0.354 e. The minimum atomic E-state index is -0.401. The van der Waals surface area contributed by atoms with Crippen LogP contribution in [0.5, 0.6) is 0 Å². The van der Waals surface area contributed by atoms with Crippen LogP contribution in [-0.2, 0) is 0 Å². The van der Waals surface area contributed by atoms with E-state index in [4.69, 9.17) is 4.52 Å². The number of benzene rings is 1. The summed E-state index contributed by atoms with van der Waals surface area (Å²) in [6.07, 6.45) is 0. The quantitative estimate of drug-likeness (QED) is 0.764. The minimum absolute atomic E-state index is 0.348. The van der Waals surface area contributed by atoms with Gasteiger partial charge < -0.3 is 4.52 Å². The molecule has 0 aliphatic carbocycles. The van der Waals surface area contributed by atoms with E-state index in [-0.39, 0.29) is 0 Å². The van der Waals surface area contributed by atoms with E-state index in [0.717, 1.165) is 16.1 Å². The Morgan fingerprint density at radius 1 is 1.18 bits per heavy atom. The zero-order valence-corrected chi connectivity index (χ0v) is 12.9. The number of nitrogens with zero attached hydrogens (tertiary/aromatic N) is 2. The molecule has 2 heterocycles. The fraction of sp³-hybridized carbons (Fsp3) is 0.133. The second-order valence-electron chi connectivity index (χ2n) is 4.68. The summed E-state index contributed by atoms with van der Waals surface area (Å²) in [6.45, 7) is 3.86. The Labute approximate surface area is 131 Å². The molecule has 1 aromatic carbocycles. The molecule has 0 atom stereocenters. The van der Waals surface area contributed by atoms with Crippen LogP contribution in [0.1, 0.15) is 10.6 Å². The van der Waals surface area contributed by atoms with Crippen LogP contribution in [-0.4, -0.2) is 16.2 Å². The van der Waals surface area contributed by atoms with Crippen molar-refractivity contribution in [3.63, 3.8) is 0 Å². The number of hydrogen-bond acceptors (Lipinski definition) is 5. The monoisotopic (exact) mass is 314 g/mol. The van der Waals surface area contributed by atoms with Crippen molar-refractivity contribution in [2.24, 2.45) is 0 Å². The van der Waals surface area contributed by atoms with Crippen LogP contribution < -0.4 is 10.6 Å². The lowest BCUT2D eigenvalue weighted by Crippen LogP contribution is -2.19. The number of amides is 2. The van der Waals surface area contributed by atoms with E-state index >= 15 is 0 Å². The average molecular weight is 314 g/mol. The summed E-state index contributed by atoms with van der Waals surface area (Å²) in [6, 6.07) is 10.8. The predicted octanol–water partition coefficient (Wildman–Crippen LogP) is 4.06. The van der Waals surface area contributed by atoms with E-state index in [1.807, 2.05) is 44.2 Å². The molecule has 0 aliphatic heterocycles. The molecule has 7 heteroatoms. The van der Waals surface area contributed by atoms with Gasteiger partial charge in [-0.2, -0.15) is 0 Å². The molecule has 6 nitrogen and oxygen atoms in total. The van der Waals surface area contributed by atoms with Crippen LogP contribution in [0.4, 0.5) is 15.7 Å². The third-order valence-corrected chi connectivity index (χ3v) is 4.05. The first-order valence-electron chi connectivity index (χ1n) is 6.66. The molecule has 2 N–H and O–H groups in total. The number of hydrogen-bond donors (Lipinski definition) is 2. The van der Waals surface area contributed by atoms with Crippen LogP contribution in [0.15, 0.2) is 40.9 Å². The van der Waals surface area contributed by atoms with E-state index in [2.05, 4.69) is 20.8 Å². The molecule has 0 radical (unpaired) electrons. The van der Waals surface area contributed by atoms with Gasteiger partial charge >= 0.3 is 6.03 Å². The molecular weight excluding hydrogens is 300 g/mol. The highest BCUT2D eigenvalue weighted by Crippen LogP contribution is 2.23. The molecule has 3 aromatic rings. The van der Waals surface area contributed by atoms with Gasteiger partial charge in [-0.3, -0.25) is 10.6 Å². The maximum Gasteiger partial charge on any atom is 0.326 e. The van der Waals surface area contributed by atoms with Crippen molar-refractivity contribution >= 4 is 28.3 Å². The summed E-state index contributed by atoms with van der Waals surface area (Å²) in [5.41, 5.74) is 1.81. The topological polar surface area (TPSA) is 80.0 Å². The highest BCUT2D eigenvalue weighted by molar-refractivity contribution is 7.15. The summed E-state index contributed by atoms with van der Waals surface area (Å²) in [5, 5.41) is 9.69. The molecule has 0 bridgehead atoms. The molecule has 0 aliphatic rings. The van der Waals surface area contributed by atoms with Gasteiger partial charge in [-0.1, -0.05) is 35.5 Å². The fourth-order valence-corrected chi connectivity index (χ4v) is 2.65. The Morgan fingerprint density at radius 2 is 1.95 bits per heavy atom. The number of carbonyl (C=O) groups is 1. The number of carbonyl (C=O) groups excluding carboxylic acids is 1. The van der Waals surface area contributed by atoms with Crippen molar-refractivity contribution < 1.29 is 9.32 Å². The fourth-order valence-electron chi connectivity index (χ4n) is 1.84. The number of anilines is 2. The second kappa shape index (κ2) is 5.98. The maximum absolute atomic E-state index is 11.9. The first-order valence-corrected chi connectivity index (χ1v) is 7.47. The highest BCUT2D eigenvalue weighted by Gasteiger charge is 2.11. The van der Waals surface area contributed by atoms with Crippen molar-refractivity contribution in [1.82, 2.24) is 10.1 Å². The van der Waals surface area contributed by atoms with Gasteiger partial charge in [0.05, 0.1) is 5.69 Å². The normalized spacial score (nSPS) is 10.5. The summed E-state index contributed by atoms with van der Waals surface area (Å²) >= 11 is 1.43. The Balaban J connectivity index is 1.66. The van der Waals surface area contributed by atoms with Crippen molar-refractivity contribution in [1.29, 1.82) is 0 Å². The van der Waals surface area contributed by atoms with E-state index in [0.29, 0.717) is 16.7 Å². The van der Waals surface area contributed by atoms with Crippen LogP contribution in [0, 0.1) is 13.8 Å². The van der Waals surface area contributed by atoms with Gasteiger partial charge in [0.25, 0.3) is 0 Å². The standard InChI is InChI=1S/C15H14N4O2S/c1-9-10(2)22-15(16-9)18-14(20)17-13-8-12(21-19-13)11-6-4-3-5-7-11/h3-8H,1-2H3,(H2,16,17,18,19,20). The van der Waals surface area contributed by atoms with Gasteiger partial charge in [0, 0.05) is 16.5 Å². The molecule has 0 saturated heterocycles. The summed E-state index contributed by atoms with van der Waals surface area (Å²) < 4.78 is 5.22. The summed E-state index contributed by atoms with van der Waals surface area (Å²) in [4.78, 5) is 17.2. The molecule has 0 spiro atoms. The summed E-state index contributed by atoms with van der Waals surface area (Å²) in [5.74, 6) is 0.943. The Hall–Kier alpha value is -2.67. The molecule has 0 fully saturated rings. The molecule has 0 saturated carbocycles. The van der Waals surface area contributed by atoms with Gasteiger partial charge in [0.1, 0.15) is 0 Å². The smallest absolute Gasteiger partial charge is 0.326 e. The minimum Gasteiger partial charge on any atom is -0.354 e. The average Bonchev–Trinajstić information content (AvgIpc) is 3.07. The van der Waals surface area contributed by atoms with E-state index < -0.39 is 6.03 Å². The molecule has 3 rings (SSSR count). The summed E-state index contributed by atoms with van der Waals surface area (Å²) in [7, 11) is 0. The number of nitrogens with one attached hydrogen (secondary N) is 2. The van der Waals surface area contributed by atoms with Crippen LogP contribution in [0.3, 0.4) is 0 Å². The zero-order chi connectivity index (χ0) is 15.5. The number of urea groups is 1. The molecule has 22 heavy (non-hydrogen) atoms. The number of aryl methyl sites for hydroxylation is 2. The predicted molar refractivity (Wildman–Crippen MR) is 86.2 cm³/mol. The van der Waals surface area contributed by atoms with Crippen molar-refractivity contribution in [2.45, 2.75) is 13.8 Å². The van der Waals surface area contributed by atoms with Gasteiger partial charge in [-0.15, -0.1) is 11.3 Å². The van der Waals surface area contributed by atoms with Gasteiger partial charge in [0.2, 0.25) is 0 Å². The molecule has 2 amide bonds. The Morgan fingerprint density at radius 3 is 2.64 bits per heavy atom. The Bertz CT molecular complexity index is 775. The number of thiazole rings is 1. The highest BCUT2D eigenvalue weighted by atomic mass is 32.1. The van der Waals surface area contributed by atoms with E-state index in [1.165, 1.54) is 11.3 Å². The number of aromatic nitrogens is 2. The molecule has 2 aromatic heterocycles. The lowest BCUT2D eigenvalue weighted by molar-refractivity contribution is 0.262. The first-order chi connectivity index (χ1) is 10.6. The first kappa shape index (κ1) is 14.3. The van der Waals surface area contributed by atoms with Gasteiger partial charge in [-0.25, -0.2) is 9.78 Å². The van der Waals surface area contributed by atoms with Crippen LogP contribution in [0.25, 0.3) is 11.3 Å². The molecule has 0 unspecified atom stereocenters. The van der Waals surface area contributed by atoms with Gasteiger partial charge in [-0.05, 0) is 13.8 Å². The Kier molecular flexibility index (Phi) is 3.88. The van der Waals surface area contributed by atoms with Crippen molar-refractivity contribution in [3.05, 3.63) is 47.0 Å². The van der Waals surface area contributed by atoms with Crippen LogP contribution in [0.2, 0.25) is 0 Å². The zero-order valence-electron chi connectivity index (χ0n) is 12.1. The maximum atomic E-state index is 11.9. The van der Waals surface area contributed by atoms with Crippen molar-refractivity contribution in [2.75, 3.05) is 10.6 Å². The van der Waals surface area contributed by atoms with E-state index in [1.54, 1.807) is 6.07 Å².